The molecule has 3 rings (SSSR count). The highest BCUT2D eigenvalue weighted by atomic mass is 35.5. The van der Waals surface area contributed by atoms with E-state index in [9.17, 15) is 18.0 Å². The highest BCUT2D eigenvalue weighted by molar-refractivity contribution is 7.99. The van der Waals surface area contributed by atoms with E-state index in [2.05, 4.69) is 20.3 Å². The molecule has 12 heteroatoms. The Balaban J connectivity index is 1.60. The van der Waals surface area contributed by atoms with Crippen molar-refractivity contribution in [1.29, 1.82) is 0 Å². The van der Waals surface area contributed by atoms with Crippen LogP contribution >= 0.6 is 23.4 Å². The summed E-state index contributed by atoms with van der Waals surface area (Å²) in [6.45, 7) is -3.00. The first kappa shape index (κ1) is 20.8. The van der Waals surface area contributed by atoms with E-state index < -0.39 is 18.3 Å². The Morgan fingerprint density at radius 3 is 2.62 bits per heavy atom. The van der Waals surface area contributed by atoms with Crippen LogP contribution in [0, 0.1) is 5.82 Å². The first-order valence-electron chi connectivity index (χ1n) is 7.97. The number of aromatic nitrogens is 3. The monoisotopic (exact) mass is 443 g/mol. The van der Waals surface area contributed by atoms with Crippen molar-refractivity contribution in [3.63, 3.8) is 0 Å². The molecule has 7 nitrogen and oxygen atoms in total. The summed E-state index contributed by atoms with van der Waals surface area (Å²) >= 11 is 6.88. The molecule has 1 amide bonds. The number of nitrogens with two attached hydrogens (primary N) is 1. The quantitative estimate of drug-likeness (QED) is 0.426. The van der Waals surface area contributed by atoms with Crippen LogP contribution < -0.4 is 15.9 Å². The molecule has 2 aromatic carbocycles. The second-order valence-corrected chi connectivity index (χ2v) is 6.89. The van der Waals surface area contributed by atoms with Gasteiger partial charge in [-0.3, -0.25) is 4.79 Å². The van der Waals surface area contributed by atoms with Crippen LogP contribution in [-0.4, -0.2) is 33.1 Å². The second-order valence-electron chi connectivity index (χ2n) is 5.54. The lowest BCUT2D eigenvalue weighted by Crippen LogP contribution is -2.16. The standard InChI is InChI=1S/C17H13ClF3N5O2S/c18-12-7-11(5-6-13(12)28-16(20)21)23-14(27)8-29-17-25-24-15(26(17)22)9-1-3-10(19)4-2-9/h1-7,16H,8,22H2,(H,23,27). The van der Waals surface area contributed by atoms with Gasteiger partial charge in [0.1, 0.15) is 11.6 Å². The van der Waals surface area contributed by atoms with Gasteiger partial charge in [-0.05, 0) is 42.5 Å². The van der Waals surface area contributed by atoms with Gasteiger partial charge in [0, 0.05) is 11.3 Å². The zero-order valence-corrected chi connectivity index (χ0v) is 16.1. The molecule has 0 bridgehead atoms. The highest BCUT2D eigenvalue weighted by Gasteiger charge is 2.15. The topological polar surface area (TPSA) is 95.1 Å². The van der Waals surface area contributed by atoms with E-state index in [1.807, 2.05) is 0 Å². The maximum absolute atomic E-state index is 13.0. The number of nitrogens with zero attached hydrogens (tertiary/aromatic N) is 3. The summed E-state index contributed by atoms with van der Waals surface area (Å²) < 4.78 is 42.9. The number of thioether (sulfide) groups is 1. The SMILES string of the molecule is Nn1c(SCC(=O)Nc2ccc(OC(F)F)c(Cl)c2)nnc1-c1ccc(F)cc1. The Hall–Kier alpha value is -2.92. The molecule has 0 aliphatic heterocycles. The Bertz CT molecular complexity index is 1020. The van der Waals surface area contributed by atoms with Crippen LogP contribution in [0.3, 0.4) is 0 Å². The minimum atomic E-state index is -3.00. The fourth-order valence-corrected chi connectivity index (χ4v) is 3.15. The fraction of sp³-hybridized carbons (Fsp3) is 0.118. The number of alkyl halides is 2. The number of hydrogen-bond donors (Lipinski definition) is 2. The normalized spacial score (nSPS) is 10.9. The zero-order valence-electron chi connectivity index (χ0n) is 14.5. The zero-order chi connectivity index (χ0) is 21.0. The van der Waals surface area contributed by atoms with Crippen molar-refractivity contribution in [2.45, 2.75) is 11.8 Å². The Morgan fingerprint density at radius 2 is 1.97 bits per heavy atom. The van der Waals surface area contributed by atoms with E-state index in [1.165, 1.54) is 47.1 Å². The number of hydrogen-bond acceptors (Lipinski definition) is 6. The molecule has 0 aliphatic carbocycles. The molecule has 0 fully saturated rings. The van der Waals surface area contributed by atoms with Gasteiger partial charge in [-0.15, -0.1) is 10.2 Å². The van der Waals surface area contributed by atoms with Gasteiger partial charge in [-0.2, -0.15) is 8.78 Å². The average molecular weight is 444 g/mol. The predicted molar refractivity (Wildman–Crippen MR) is 103 cm³/mol. The molecule has 152 valence electrons. The molecule has 0 spiro atoms. The number of rotatable bonds is 7. The molecule has 0 unspecified atom stereocenters. The number of carbonyl (C=O) groups is 1. The molecule has 29 heavy (non-hydrogen) atoms. The van der Waals surface area contributed by atoms with Crippen molar-refractivity contribution >= 4 is 35.0 Å². The lowest BCUT2D eigenvalue weighted by Gasteiger charge is -2.09. The van der Waals surface area contributed by atoms with Crippen LogP contribution in [0.25, 0.3) is 11.4 Å². The van der Waals surface area contributed by atoms with Gasteiger partial charge >= 0.3 is 6.61 Å². The molecular weight excluding hydrogens is 431 g/mol. The third kappa shape index (κ3) is 5.33. The van der Waals surface area contributed by atoms with Crippen molar-refractivity contribution in [3.05, 3.63) is 53.3 Å². The Labute approximate surface area is 172 Å². The van der Waals surface area contributed by atoms with Crippen LogP contribution in [0.4, 0.5) is 18.9 Å². The Kier molecular flexibility index (Phi) is 6.49. The molecule has 0 saturated carbocycles. The summed E-state index contributed by atoms with van der Waals surface area (Å²) in [6.07, 6.45) is 0. The molecule has 1 aromatic heterocycles. The van der Waals surface area contributed by atoms with Gasteiger partial charge in [0.05, 0.1) is 10.8 Å². The summed E-state index contributed by atoms with van der Waals surface area (Å²) in [5.74, 6) is 5.22. The lowest BCUT2D eigenvalue weighted by molar-refractivity contribution is -0.113. The number of carbonyl (C=O) groups excluding carboxylic acids is 1. The van der Waals surface area contributed by atoms with Crippen molar-refractivity contribution in [1.82, 2.24) is 14.9 Å². The van der Waals surface area contributed by atoms with Crippen LogP contribution in [0.15, 0.2) is 47.6 Å². The maximum Gasteiger partial charge on any atom is 0.387 e. The van der Waals surface area contributed by atoms with Crippen LogP contribution in [0.5, 0.6) is 5.75 Å². The summed E-state index contributed by atoms with van der Waals surface area (Å²) in [5.41, 5.74) is 0.877. The summed E-state index contributed by atoms with van der Waals surface area (Å²) in [7, 11) is 0. The number of nitrogens with one attached hydrogen (secondary N) is 1. The largest absolute Gasteiger partial charge is 0.433 e. The molecule has 0 radical (unpaired) electrons. The van der Waals surface area contributed by atoms with E-state index in [4.69, 9.17) is 17.4 Å². The van der Waals surface area contributed by atoms with Crippen LogP contribution in [0.2, 0.25) is 5.02 Å². The molecular formula is C17H13ClF3N5O2S. The van der Waals surface area contributed by atoms with E-state index in [0.717, 1.165) is 11.8 Å². The highest BCUT2D eigenvalue weighted by Crippen LogP contribution is 2.29. The van der Waals surface area contributed by atoms with Gasteiger partial charge < -0.3 is 15.9 Å². The van der Waals surface area contributed by atoms with Crippen molar-refractivity contribution in [3.8, 4) is 17.1 Å². The Morgan fingerprint density at radius 1 is 1.24 bits per heavy atom. The van der Waals surface area contributed by atoms with Gasteiger partial charge in [0.25, 0.3) is 0 Å². The number of ether oxygens (including phenoxy) is 1. The predicted octanol–water partition coefficient (Wildman–Crippen LogP) is 3.78. The smallest absolute Gasteiger partial charge is 0.387 e. The van der Waals surface area contributed by atoms with Gasteiger partial charge in [0.2, 0.25) is 11.1 Å². The van der Waals surface area contributed by atoms with Crippen molar-refractivity contribution < 1.29 is 22.7 Å². The van der Waals surface area contributed by atoms with E-state index >= 15 is 0 Å². The fourth-order valence-electron chi connectivity index (χ4n) is 2.27. The molecule has 3 N–H and O–H groups in total. The van der Waals surface area contributed by atoms with Gasteiger partial charge in [0.15, 0.2) is 5.82 Å². The van der Waals surface area contributed by atoms with E-state index in [1.54, 1.807) is 0 Å². The van der Waals surface area contributed by atoms with Crippen molar-refractivity contribution in [2.75, 3.05) is 16.9 Å². The minimum Gasteiger partial charge on any atom is -0.433 e. The number of halogens is 4. The van der Waals surface area contributed by atoms with Crippen LogP contribution in [0.1, 0.15) is 0 Å². The molecule has 3 aromatic rings. The maximum atomic E-state index is 13.0. The van der Waals surface area contributed by atoms with E-state index in [-0.39, 0.29) is 21.7 Å². The van der Waals surface area contributed by atoms with Crippen molar-refractivity contribution in [2.24, 2.45) is 0 Å². The molecule has 0 aliphatic rings. The molecule has 1 heterocycles. The summed E-state index contributed by atoms with van der Waals surface area (Å²) in [5, 5.41) is 10.6. The first-order valence-corrected chi connectivity index (χ1v) is 9.33. The number of anilines is 1. The molecule has 0 atom stereocenters. The van der Waals surface area contributed by atoms with E-state index in [0.29, 0.717) is 17.1 Å². The third-order valence-electron chi connectivity index (χ3n) is 3.53. The first-order chi connectivity index (χ1) is 13.8. The summed E-state index contributed by atoms with van der Waals surface area (Å²) in [4.78, 5) is 12.1. The van der Waals surface area contributed by atoms with Crippen LogP contribution in [-0.2, 0) is 4.79 Å². The average Bonchev–Trinajstić information content (AvgIpc) is 3.03. The molecule has 0 saturated heterocycles. The second kappa shape index (κ2) is 9.05. The number of benzene rings is 2. The number of nitrogen functional groups attached to an aromatic ring is 1. The third-order valence-corrected chi connectivity index (χ3v) is 4.77. The van der Waals surface area contributed by atoms with Gasteiger partial charge in [-0.1, -0.05) is 23.4 Å². The van der Waals surface area contributed by atoms with Gasteiger partial charge in [-0.25, -0.2) is 9.07 Å². The lowest BCUT2D eigenvalue weighted by atomic mass is 10.2. The summed E-state index contributed by atoms with van der Waals surface area (Å²) in [6, 6.07) is 9.46. The number of amides is 1. The minimum absolute atomic E-state index is 0.0499.